The van der Waals surface area contributed by atoms with Crippen molar-refractivity contribution in [1.82, 2.24) is 39.9 Å². The van der Waals surface area contributed by atoms with Gasteiger partial charge in [-0.25, -0.2) is 9.97 Å². The Labute approximate surface area is 555 Å². The normalized spacial score (nSPS) is 12.3. The van der Waals surface area contributed by atoms with Gasteiger partial charge in [-0.05, 0) is 247 Å². The molecule has 0 unspecified atom stereocenters. The molecule has 8 nitrogen and oxygen atoms in total. The van der Waals surface area contributed by atoms with Crippen LogP contribution in [0.5, 0.6) is 0 Å². The Hall–Kier alpha value is -11.0. The summed E-state index contributed by atoms with van der Waals surface area (Å²) in [4.78, 5) is 35.2. The van der Waals surface area contributed by atoms with Crippen molar-refractivity contribution in [3.05, 3.63) is 247 Å². The molecule has 2 aliphatic rings. The Morgan fingerprint density at radius 3 is 0.758 bits per heavy atom. The smallest absolute Gasteiger partial charge is 0.0872 e. The van der Waals surface area contributed by atoms with E-state index in [-0.39, 0.29) is 0 Å². The van der Waals surface area contributed by atoms with Gasteiger partial charge in [0.25, 0.3) is 0 Å². The molecule has 11 heterocycles. The zero-order valence-corrected chi connectivity index (χ0v) is 56.4. The van der Waals surface area contributed by atoms with E-state index in [9.17, 15) is 0 Å². The molecule has 16 bridgehead atoms. The van der Waals surface area contributed by atoms with Crippen LogP contribution in [0, 0.1) is 83.1 Å². The van der Waals surface area contributed by atoms with Crippen molar-refractivity contribution in [2.75, 3.05) is 0 Å². The summed E-state index contributed by atoms with van der Waals surface area (Å²) in [5.41, 5.74) is 43.8. The number of fused-ring (bicyclic) bond motifs is 21. The molecule has 9 heteroatoms. The topological polar surface area (TPSA) is 121 Å². The number of rotatable bonds is 6. The highest BCUT2D eigenvalue weighted by Crippen LogP contribution is 2.49. The maximum Gasteiger partial charge on any atom is 0.0872 e. The second kappa shape index (κ2) is 21.8. The number of benzene rings is 6. The van der Waals surface area contributed by atoms with Gasteiger partial charge in [0, 0.05) is 120 Å². The Morgan fingerprint density at radius 1 is 0.232 bits per heavy atom. The molecular weight excluding hydrogens is 1180 g/mol. The van der Waals surface area contributed by atoms with Crippen molar-refractivity contribution in [3.8, 4) is 66.8 Å². The summed E-state index contributed by atoms with van der Waals surface area (Å²) in [6.45, 7) is 26.6. The summed E-state index contributed by atoms with van der Waals surface area (Å²) in [5.74, 6) is 0. The molecule has 0 atom stereocenters. The number of nitrogens with zero attached hydrogens (tertiary/aromatic N) is 2. The monoisotopic (exact) mass is 1250 g/mol. The lowest BCUT2D eigenvalue weighted by molar-refractivity contribution is 1.29. The summed E-state index contributed by atoms with van der Waals surface area (Å²) in [6.07, 6.45) is 8.70. The molecule has 2 aliphatic heterocycles. The average molecular weight is 1250 g/mol. The van der Waals surface area contributed by atoms with Crippen molar-refractivity contribution in [2.45, 2.75) is 83.1 Å². The average Bonchev–Trinajstić information content (AvgIpc) is 1.60. The van der Waals surface area contributed by atoms with E-state index < -0.39 is 0 Å². The van der Waals surface area contributed by atoms with Crippen molar-refractivity contribution < 1.29 is 0 Å². The minimum absolute atomic E-state index is 0.896. The van der Waals surface area contributed by atoms with Crippen molar-refractivity contribution in [2.24, 2.45) is 0 Å². The van der Waals surface area contributed by atoms with Gasteiger partial charge < -0.3 is 29.9 Å². The second-order valence-electron chi connectivity index (χ2n) is 27.0. The lowest BCUT2D eigenvalue weighted by atomic mass is 9.92. The highest BCUT2D eigenvalue weighted by Gasteiger charge is 2.24. The quantitative estimate of drug-likeness (QED) is 0.0994. The van der Waals surface area contributed by atoms with E-state index in [1.807, 2.05) is 11.3 Å². The Bertz CT molecular complexity index is 5720. The SMILES string of the molecule is Cc1cc(C)c(-c2c3nc(c4ccc([nH]4)c(-c4c(C)cc(C)cc4C)c4ccc([nH]4)c(-c4cccc5c4sc4c(-c6c7ccc([nH]7)c(-c7c(C)cc(C)cc7C)c7nc(c8ccc([nH]8)c(-c8c(C)cc(C)cc8C)c8ccc6[nH]8)C=C7)cccc45)c4ccc2[nH]4)C=C3)c(C)c1. The predicted molar refractivity (Wildman–Crippen MR) is 406 cm³/mol. The van der Waals surface area contributed by atoms with Gasteiger partial charge in [0.1, 0.15) is 0 Å². The third-order valence-corrected chi connectivity index (χ3v) is 21.2. The summed E-state index contributed by atoms with van der Waals surface area (Å²) in [7, 11) is 0. The van der Waals surface area contributed by atoms with Crippen LogP contribution in [-0.2, 0) is 0 Å². The predicted octanol–water partition coefficient (Wildman–Crippen LogP) is 23.8. The van der Waals surface area contributed by atoms with Crippen LogP contribution in [0.2, 0.25) is 0 Å². The zero-order chi connectivity index (χ0) is 65.0. The maximum absolute atomic E-state index is 5.50. The number of aromatic nitrogens is 8. The summed E-state index contributed by atoms with van der Waals surface area (Å²) in [5, 5.41) is 2.38. The first-order valence-corrected chi connectivity index (χ1v) is 33.8. The number of hydrogen-bond acceptors (Lipinski definition) is 3. The first-order valence-electron chi connectivity index (χ1n) is 32.9. The number of nitrogens with one attached hydrogen (secondary N) is 6. The van der Waals surface area contributed by atoms with E-state index in [4.69, 9.17) is 9.97 Å². The maximum atomic E-state index is 5.50. The molecule has 0 saturated heterocycles. The van der Waals surface area contributed by atoms with Gasteiger partial charge in [0.05, 0.1) is 33.8 Å². The van der Waals surface area contributed by atoms with E-state index in [1.54, 1.807) is 0 Å². The highest BCUT2D eigenvalue weighted by atomic mass is 32.1. The molecule has 0 radical (unpaired) electrons. The fraction of sp³-hybridized carbons (Fsp3) is 0.140. The largest absolute Gasteiger partial charge is 0.354 e. The summed E-state index contributed by atoms with van der Waals surface area (Å²) in [6, 6.07) is 59.2. The third kappa shape index (κ3) is 9.38. The van der Waals surface area contributed by atoms with Gasteiger partial charge in [-0.2, -0.15) is 0 Å². The minimum atomic E-state index is 0.896. The molecule has 0 aliphatic carbocycles. The molecule has 15 aromatic rings. The molecule has 95 heavy (non-hydrogen) atoms. The van der Waals surface area contributed by atoms with Crippen LogP contribution in [0.1, 0.15) is 89.5 Å². The lowest BCUT2D eigenvalue weighted by Crippen LogP contribution is -1.93. The number of H-pyrrole nitrogens is 6. The van der Waals surface area contributed by atoms with Gasteiger partial charge in [-0.1, -0.05) is 107 Å². The van der Waals surface area contributed by atoms with E-state index in [2.05, 4.69) is 295 Å². The van der Waals surface area contributed by atoms with Gasteiger partial charge >= 0.3 is 0 Å². The van der Waals surface area contributed by atoms with Crippen LogP contribution in [0.25, 0.3) is 177 Å². The molecule has 0 saturated carbocycles. The van der Waals surface area contributed by atoms with E-state index in [1.165, 1.54) is 109 Å². The molecule has 6 aromatic carbocycles. The molecule has 0 spiro atoms. The van der Waals surface area contributed by atoms with E-state index >= 15 is 0 Å². The van der Waals surface area contributed by atoms with Crippen LogP contribution in [0.3, 0.4) is 0 Å². The van der Waals surface area contributed by atoms with Crippen LogP contribution >= 0.6 is 11.3 Å². The van der Waals surface area contributed by atoms with E-state index in [0.717, 1.165) is 133 Å². The number of hydrogen-bond donors (Lipinski definition) is 6. The fourth-order valence-electron chi connectivity index (χ4n) is 16.4. The molecule has 462 valence electrons. The van der Waals surface area contributed by atoms with Gasteiger partial charge in [0.15, 0.2) is 0 Å². The minimum Gasteiger partial charge on any atom is -0.354 e. The number of aromatic amines is 6. The Kier molecular flexibility index (Phi) is 13.3. The Morgan fingerprint density at radius 2 is 0.463 bits per heavy atom. The molecule has 0 fully saturated rings. The van der Waals surface area contributed by atoms with Gasteiger partial charge in [0.2, 0.25) is 0 Å². The van der Waals surface area contributed by atoms with Crippen LogP contribution in [0.4, 0.5) is 0 Å². The first kappa shape index (κ1) is 57.9. The molecular formula is C86H72N8S. The van der Waals surface area contributed by atoms with Crippen LogP contribution in [0.15, 0.2) is 158 Å². The molecule has 17 rings (SSSR count). The van der Waals surface area contributed by atoms with Crippen molar-refractivity contribution in [3.63, 3.8) is 0 Å². The summed E-state index contributed by atoms with van der Waals surface area (Å²) >= 11 is 1.87. The Balaban J connectivity index is 0.986. The molecule has 9 aromatic heterocycles. The summed E-state index contributed by atoms with van der Waals surface area (Å²) < 4.78 is 2.38. The fourth-order valence-corrected chi connectivity index (χ4v) is 17.8. The van der Waals surface area contributed by atoms with Gasteiger partial charge in [-0.15, -0.1) is 11.3 Å². The number of thiophene rings is 1. The zero-order valence-electron chi connectivity index (χ0n) is 55.6. The lowest BCUT2D eigenvalue weighted by Gasteiger charge is -2.13. The van der Waals surface area contributed by atoms with Crippen molar-refractivity contribution in [1.29, 1.82) is 0 Å². The number of aryl methyl sites for hydroxylation is 12. The van der Waals surface area contributed by atoms with E-state index in [0.29, 0.717) is 0 Å². The van der Waals surface area contributed by atoms with Crippen LogP contribution in [-0.4, -0.2) is 39.9 Å². The van der Waals surface area contributed by atoms with Crippen LogP contribution < -0.4 is 0 Å². The van der Waals surface area contributed by atoms with Crippen molar-refractivity contribution >= 4 is 122 Å². The second-order valence-corrected chi connectivity index (χ2v) is 28.0. The molecule has 6 N–H and O–H groups in total. The highest BCUT2D eigenvalue weighted by molar-refractivity contribution is 7.27. The first-order chi connectivity index (χ1) is 46.0. The standard InChI is InChI=1S/C86H72N8S/c1-43-35-47(5)75(48(6)36-43)81-67-23-19-59(87-67)60-20-24-68(88-60)82(76-49(7)37-44(2)38-50(76)8)72-32-28-64(92-72)79(63-27-31-71(81)91-63)57-17-13-15-55-56-16-14-18-58(86(56)95-85(55)57)80-65-29-33-73(93-65)83(77-51(9)39-45(3)40-52(77)10)69-25-21-61(89-69)62-22-26-70(90-62)84(74-34-30-66(80)94-74)78-53(11)41-46(4)42-54(78)12/h13-42,87,89,91-94H,1-12H3. The third-order valence-electron chi connectivity index (χ3n) is 19.9. The van der Waals surface area contributed by atoms with Gasteiger partial charge in [-0.3, -0.25) is 0 Å². The molecule has 0 amide bonds.